The zero-order valence-corrected chi connectivity index (χ0v) is 16.1. The minimum atomic E-state index is -0.879. The summed E-state index contributed by atoms with van der Waals surface area (Å²) in [6.45, 7) is 10.6. The maximum absolute atomic E-state index is 12.1. The molecule has 0 bridgehead atoms. The van der Waals surface area contributed by atoms with Crippen molar-refractivity contribution in [3.05, 3.63) is 64.8 Å². The van der Waals surface area contributed by atoms with Crippen LogP contribution in [-0.4, -0.2) is 18.6 Å². The smallest absolute Gasteiger partial charge is 0.335 e. The number of rotatable bonds is 3. The van der Waals surface area contributed by atoms with Gasteiger partial charge in [-0.3, -0.25) is 0 Å². The summed E-state index contributed by atoms with van der Waals surface area (Å²) in [7, 11) is 1.38. The lowest BCUT2D eigenvalue weighted by molar-refractivity contribution is -0.136. The van der Waals surface area contributed by atoms with E-state index in [2.05, 4.69) is 52.0 Å². The number of carbonyl (C=O) groups excluding carboxylic acids is 1. The molecule has 0 aromatic heterocycles. The second kappa shape index (κ2) is 7.01. The average molecular weight is 339 g/mol. The van der Waals surface area contributed by atoms with E-state index in [1.807, 2.05) is 19.1 Å². The predicted molar refractivity (Wildman–Crippen MR) is 104 cm³/mol. The summed E-state index contributed by atoms with van der Waals surface area (Å²) in [5.74, 6) is -0.384. The van der Waals surface area contributed by atoms with Gasteiger partial charge < -0.3 is 10.5 Å². The number of esters is 1. The van der Waals surface area contributed by atoms with Crippen LogP contribution in [0.5, 0.6) is 0 Å². The van der Waals surface area contributed by atoms with Gasteiger partial charge in [0.1, 0.15) is 0 Å². The van der Waals surface area contributed by atoms with Crippen molar-refractivity contribution < 1.29 is 9.53 Å². The minimum absolute atomic E-state index is 0.117. The quantitative estimate of drug-likeness (QED) is 0.823. The van der Waals surface area contributed by atoms with Gasteiger partial charge in [-0.1, -0.05) is 64.1 Å². The Morgan fingerprint density at radius 2 is 1.80 bits per heavy atom. The van der Waals surface area contributed by atoms with Gasteiger partial charge in [-0.05, 0) is 47.1 Å². The van der Waals surface area contributed by atoms with Gasteiger partial charge in [0, 0.05) is 0 Å². The molecule has 1 aliphatic carbocycles. The Balaban J connectivity index is 2.53. The first-order chi connectivity index (χ1) is 11.6. The Morgan fingerprint density at radius 3 is 2.28 bits per heavy atom. The highest BCUT2D eigenvalue weighted by Crippen LogP contribution is 2.36. The van der Waals surface area contributed by atoms with Crippen LogP contribution in [0.1, 0.15) is 52.2 Å². The molecular weight excluding hydrogens is 310 g/mol. The van der Waals surface area contributed by atoms with E-state index in [0.29, 0.717) is 5.57 Å². The van der Waals surface area contributed by atoms with E-state index in [-0.39, 0.29) is 11.4 Å². The van der Waals surface area contributed by atoms with Crippen LogP contribution in [-0.2, 0) is 14.9 Å². The Kier molecular flexibility index (Phi) is 5.38. The minimum Gasteiger partial charge on any atom is -0.466 e. The van der Waals surface area contributed by atoms with Crippen molar-refractivity contribution >= 4 is 11.5 Å². The number of methoxy groups -OCH3 is 1. The van der Waals surface area contributed by atoms with Crippen LogP contribution in [0.15, 0.2) is 53.6 Å². The molecule has 2 rings (SSSR count). The lowest BCUT2D eigenvalue weighted by Gasteiger charge is -2.32. The van der Waals surface area contributed by atoms with Crippen LogP contribution in [0.3, 0.4) is 0 Å². The van der Waals surface area contributed by atoms with E-state index >= 15 is 0 Å². The maximum atomic E-state index is 12.1. The molecule has 0 aliphatic heterocycles. The van der Waals surface area contributed by atoms with Gasteiger partial charge in [0.2, 0.25) is 0 Å². The number of hydrogen-bond acceptors (Lipinski definition) is 3. The van der Waals surface area contributed by atoms with E-state index in [0.717, 1.165) is 23.1 Å². The molecule has 2 N–H and O–H groups in total. The summed E-state index contributed by atoms with van der Waals surface area (Å²) < 4.78 is 4.90. The van der Waals surface area contributed by atoms with Crippen LogP contribution in [0, 0.1) is 0 Å². The van der Waals surface area contributed by atoms with Crippen LogP contribution in [0.25, 0.3) is 5.57 Å². The first-order valence-corrected chi connectivity index (χ1v) is 8.73. The first kappa shape index (κ1) is 19.2. The monoisotopic (exact) mass is 339 g/mol. The van der Waals surface area contributed by atoms with Gasteiger partial charge in [0.05, 0.1) is 18.2 Å². The molecule has 0 heterocycles. The summed E-state index contributed by atoms with van der Waals surface area (Å²) in [6.07, 6.45) is 6.44. The molecule has 25 heavy (non-hydrogen) atoms. The Hall–Kier alpha value is -2.13. The van der Waals surface area contributed by atoms with Gasteiger partial charge >= 0.3 is 5.97 Å². The van der Waals surface area contributed by atoms with Gasteiger partial charge in [-0.25, -0.2) is 4.79 Å². The van der Waals surface area contributed by atoms with Crippen LogP contribution in [0.4, 0.5) is 0 Å². The zero-order chi connectivity index (χ0) is 18.8. The normalized spacial score (nSPS) is 22.4. The largest absolute Gasteiger partial charge is 0.466 e. The van der Waals surface area contributed by atoms with Gasteiger partial charge in [0.15, 0.2) is 0 Å². The molecular formula is C22H29NO2. The molecule has 1 aromatic rings. The lowest BCUT2D eigenvalue weighted by atomic mass is 9.77. The van der Waals surface area contributed by atoms with Crippen molar-refractivity contribution in [2.75, 3.05) is 7.11 Å². The Labute approximate surface area is 151 Å². The molecule has 0 saturated heterocycles. The molecule has 1 aromatic carbocycles. The highest BCUT2D eigenvalue weighted by Gasteiger charge is 2.35. The third kappa shape index (κ3) is 3.77. The van der Waals surface area contributed by atoms with E-state index < -0.39 is 5.54 Å². The fourth-order valence-electron chi connectivity index (χ4n) is 3.26. The van der Waals surface area contributed by atoms with E-state index in [1.54, 1.807) is 6.08 Å². The number of benzene rings is 1. The molecule has 1 atom stereocenters. The molecule has 0 radical (unpaired) electrons. The van der Waals surface area contributed by atoms with Gasteiger partial charge in [0.25, 0.3) is 0 Å². The predicted octanol–water partition coefficient (Wildman–Crippen LogP) is 4.53. The number of allylic oxidation sites excluding steroid dienone is 3. The fourth-order valence-corrected chi connectivity index (χ4v) is 3.26. The number of ether oxygens (including phenoxy) is 1. The van der Waals surface area contributed by atoms with Crippen LogP contribution in [0.2, 0.25) is 0 Å². The molecule has 1 aliphatic rings. The van der Waals surface area contributed by atoms with E-state index in [1.165, 1.54) is 12.7 Å². The number of hydrogen-bond donors (Lipinski definition) is 1. The molecule has 0 spiro atoms. The van der Waals surface area contributed by atoms with Crippen molar-refractivity contribution in [2.45, 2.75) is 52.0 Å². The van der Waals surface area contributed by atoms with Crippen molar-refractivity contribution in [2.24, 2.45) is 5.73 Å². The Morgan fingerprint density at radius 1 is 1.20 bits per heavy atom. The summed E-state index contributed by atoms with van der Waals surface area (Å²) in [6, 6.07) is 8.63. The molecule has 0 fully saturated rings. The van der Waals surface area contributed by atoms with Crippen molar-refractivity contribution in [1.82, 2.24) is 0 Å². The molecule has 134 valence electrons. The van der Waals surface area contributed by atoms with Gasteiger partial charge in [-0.15, -0.1) is 0 Å². The Bertz CT molecular complexity index is 741. The third-order valence-electron chi connectivity index (χ3n) is 4.83. The summed E-state index contributed by atoms with van der Waals surface area (Å²) in [5, 5.41) is 0. The molecule has 0 amide bonds. The maximum Gasteiger partial charge on any atom is 0.335 e. The van der Waals surface area contributed by atoms with Crippen molar-refractivity contribution in [3.63, 3.8) is 0 Å². The van der Waals surface area contributed by atoms with Crippen LogP contribution < -0.4 is 5.73 Å². The summed E-state index contributed by atoms with van der Waals surface area (Å²) in [5.41, 5.74) is 10.8. The van der Waals surface area contributed by atoms with Crippen molar-refractivity contribution in [3.8, 4) is 0 Å². The molecule has 0 saturated carbocycles. The van der Waals surface area contributed by atoms with E-state index in [4.69, 9.17) is 10.5 Å². The highest BCUT2D eigenvalue weighted by atomic mass is 16.5. The zero-order valence-electron chi connectivity index (χ0n) is 16.1. The highest BCUT2D eigenvalue weighted by molar-refractivity contribution is 5.94. The standard InChI is InChI=1S/C22H29NO2/c1-7-17(15-11-13-16(14-12-15)21(2,3)4)18-9-8-10-19(20(24)25-6)22(18,5)23/h8-14H,7,23H2,1-6H3. The van der Waals surface area contributed by atoms with Gasteiger partial charge in [-0.2, -0.15) is 0 Å². The fraction of sp³-hybridized carbons (Fsp3) is 0.409. The first-order valence-electron chi connectivity index (χ1n) is 8.73. The number of carbonyl (C=O) groups is 1. The molecule has 3 heteroatoms. The average Bonchev–Trinajstić information content (AvgIpc) is 2.55. The summed E-state index contributed by atoms with van der Waals surface area (Å²) >= 11 is 0. The topological polar surface area (TPSA) is 52.3 Å². The second-order valence-electron chi connectivity index (χ2n) is 7.71. The lowest BCUT2D eigenvalue weighted by Crippen LogP contribution is -2.44. The van der Waals surface area contributed by atoms with E-state index in [9.17, 15) is 4.79 Å². The van der Waals surface area contributed by atoms with Crippen LogP contribution >= 0.6 is 0 Å². The molecule has 1 unspecified atom stereocenters. The SMILES string of the molecule is CCC(=C1C=CC=C(C(=O)OC)C1(C)N)c1ccc(C(C)(C)C)cc1. The third-order valence-corrected chi connectivity index (χ3v) is 4.83. The summed E-state index contributed by atoms with van der Waals surface area (Å²) in [4.78, 5) is 12.1. The second-order valence-corrected chi connectivity index (χ2v) is 7.71. The molecule has 3 nitrogen and oxygen atoms in total. The van der Waals surface area contributed by atoms with Crippen molar-refractivity contribution in [1.29, 1.82) is 0 Å². The number of nitrogens with two attached hydrogens (primary N) is 1.